The van der Waals surface area contributed by atoms with Crippen molar-refractivity contribution in [1.82, 2.24) is 0 Å². The number of hydrogen-bond acceptors (Lipinski definition) is 4. The summed E-state index contributed by atoms with van der Waals surface area (Å²) in [7, 11) is 0. The molecule has 1 aromatic heterocycles. The van der Waals surface area contributed by atoms with Crippen molar-refractivity contribution in [1.29, 1.82) is 0 Å². The lowest BCUT2D eigenvalue weighted by atomic mass is 9.42. The second-order valence-corrected chi connectivity index (χ2v) is 27.1. The molecule has 10 aromatic rings. The SMILES string of the molecule is CC(C)(C)c1ccc(N2B3c4ccc(N(c5ccc(C(C)(C)C)cc5)c5ccc(C(C)(C)C)cc5)cc4N(c4ccc(C(C)(C)C)cc4)c4c3c(cc3c4C(C)(C)c4ccccc4-3)-c3cc4c(cc32)oc2ccccc24)cc1. The van der Waals surface area contributed by atoms with Crippen molar-refractivity contribution in [3.05, 3.63) is 215 Å². The molecule has 5 heteroatoms. The molecule has 0 saturated carbocycles. The van der Waals surface area contributed by atoms with E-state index in [0.717, 1.165) is 61.8 Å². The quantitative estimate of drug-likeness (QED) is 0.160. The molecule has 9 aromatic carbocycles. The minimum absolute atomic E-state index is 0.0113. The van der Waals surface area contributed by atoms with Gasteiger partial charge in [-0.2, -0.15) is 0 Å². The topological polar surface area (TPSA) is 22.9 Å². The number of nitrogens with zero attached hydrogens (tertiary/aromatic N) is 3. The lowest BCUT2D eigenvalue weighted by Gasteiger charge is -2.47. The van der Waals surface area contributed by atoms with E-state index in [4.69, 9.17) is 4.42 Å². The van der Waals surface area contributed by atoms with E-state index in [1.54, 1.807) is 0 Å². The van der Waals surface area contributed by atoms with Crippen molar-refractivity contribution < 1.29 is 4.42 Å². The van der Waals surface area contributed by atoms with Crippen LogP contribution in [0.2, 0.25) is 0 Å². The normalized spacial score (nSPS) is 14.6. The van der Waals surface area contributed by atoms with Crippen LogP contribution in [0.1, 0.15) is 130 Å². The van der Waals surface area contributed by atoms with E-state index in [1.165, 1.54) is 72.2 Å². The number of furan rings is 1. The van der Waals surface area contributed by atoms with Gasteiger partial charge in [0, 0.05) is 73.3 Å². The van der Waals surface area contributed by atoms with E-state index >= 15 is 0 Å². The van der Waals surface area contributed by atoms with Crippen LogP contribution in [0.15, 0.2) is 186 Å². The van der Waals surface area contributed by atoms with Crippen LogP contribution in [0.25, 0.3) is 44.2 Å². The summed E-state index contributed by atoms with van der Waals surface area (Å²) in [5, 5.41) is 2.26. The van der Waals surface area contributed by atoms with Crippen molar-refractivity contribution in [3.8, 4) is 22.3 Å². The van der Waals surface area contributed by atoms with E-state index in [2.05, 4.69) is 294 Å². The van der Waals surface area contributed by atoms with Gasteiger partial charge in [0.15, 0.2) is 0 Å². The lowest BCUT2D eigenvalue weighted by molar-refractivity contribution is 0.590. The highest BCUT2D eigenvalue weighted by Crippen LogP contribution is 2.59. The zero-order valence-corrected chi connectivity index (χ0v) is 48.1. The maximum Gasteiger partial charge on any atom is 0.333 e. The summed E-state index contributed by atoms with van der Waals surface area (Å²) < 4.78 is 6.82. The average Bonchev–Trinajstić information content (AvgIpc) is 3.37. The van der Waals surface area contributed by atoms with E-state index in [9.17, 15) is 0 Å². The number of fused-ring (bicyclic) bond motifs is 11. The molecule has 3 aliphatic rings. The molecule has 78 heavy (non-hydrogen) atoms. The summed E-state index contributed by atoms with van der Waals surface area (Å²) in [5.41, 5.74) is 26.2. The van der Waals surface area contributed by atoms with Gasteiger partial charge in [-0.1, -0.05) is 194 Å². The summed E-state index contributed by atoms with van der Waals surface area (Å²) in [4.78, 5) is 7.77. The van der Waals surface area contributed by atoms with Crippen molar-refractivity contribution in [2.75, 3.05) is 14.6 Å². The van der Waals surface area contributed by atoms with Gasteiger partial charge < -0.3 is 19.0 Å². The highest BCUT2D eigenvalue weighted by atomic mass is 16.3. The fraction of sp³-hybridized carbons (Fsp3) is 0.260. The molecule has 4 nitrogen and oxygen atoms in total. The van der Waals surface area contributed by atoms with Gasteiger partial charge in [-0.05, 0) is 162 Å². The van der Waals surface area contributed by atoms with Gasteiger partial charge in [-0.25, -0.2) is 0 Å². The smallest absolute Gasteiger partial charge is 0.333 e. The molecule has 0 amide bonds. The Kier molecular flexibility index (Phi) is 10.9. The van der Waals surface area contributed by atoms with Gasteiger partial charge in [-0.15, -0.1) is 0 Å². The Morgan fingerprint density at radius 1 is 0.423 bits per heavy atom. The third kappa shape index (κ3) is 7.77. The van der Waals surface area contributed by atoms with E-state index in [0.29, 0.717) is 0 Å². The molecular formula is C73H72BN3O. The van der Waals surface area contributed by atoms with Crippen molar-refractivity contribution >= 4 is 85.2 Å². The molecule has 388 valence electrons. The highest BCUT2D eigenvalue weighted by Gasteiger charge is 2.50. The predicted molar refractivity (Wildman–Crippen MR) is 334 cm³/mol. The second kappa shape index (κ2) is 17.1. The summed E-state index contributed by atoms with van der Waals surface area (Å²) in [6, 6.07) is 69.8. The first-order valence-corrected chi connectivity index (χ1v) is 28.2. The Balaban J connectivity index is 1.16. The molecule has 0 spiro atoms. The number of anilines is 8. The van der Waals surface area contributed by atoms with Crippen LogP contribution >= 0.6 is 0 Å². The van der Waals surface area contributed by atoms with Crippen LogP contribution in [-0.2, 0) is 27.1 Å². The Hall–Kier alpha value is -7.76. The maximum atomic E-state index is 6.82. The summed E-state index contributed by atoms with van der Waals surface area (Å²) in [5.74, 6) is 0. The van der Waals surface area contributed by atoms with E-state index in [1.807, 2.05) is 0 Å². The van der Waals surface area contributed by atoms with E-state index < -0.39 is 0 Å². The predicted octanol–water partition coefficient (Wildman–Crippen LogP) is 19.3. The summed E-state index contributed by atoms with van der Waals surface area (Å²) >= 11 is 0. The van der Waals surface area contributed by atoms with Gasteiger partial charge in [0.25, 0.3) is 0 Å². The summed E-state index contributed by atoms with van der Waals surface area (Å²) in [6.07, 6.45) is 0. The van der Waals surface area contributed by atoms with Crippen LogP contribution in [0.5, 0.6) is 0 Å². The van der Waals surface area contributed by atoms with Gasteiger partial charge >= 0.3 is 6.85 Å². The van der Waals surface area contributed by atoms with Crippen LogP contribution in [0, 0.1) is 0 Å². The van der Waals surface area contributed by atoms with Crippen LogP contribution in [0.3, 0.4) is 0 Å². The fourth-order valence-corrected chi connectivity index (χ4v) is 13.1. The standard InChI is InChI=1S/C73H72BN3O/c1-69(2,3)45-23-31-49(32-24-45)75(50-33-25-46(26-34-50)70(4,5)6)53-39-40-61-63(41-53)76(51-35-27-47(28-36-51)71(7,8)9)68-66-58(54-19-15-17-21-60(54)73(66,13)14)43-59-56-42-57-55-20-16-18-22-64(55)78-65(57)44-62(56)77(74(61)67(59)68)52-37-29-48(30-38-52)72(10,11)12/h15-44H,1-14H3. The molecule has 13 rings (SSSR count). The molecule has 2 aliphatic heterocycles. The number of benzene rings is 9. The molecule has 0 saturated heterocycles. The van der Waals surface area contributed by atoms with E-state index in [-0.39, 0.29) is 33.9 Å². The first kappa shape index (κ1) is 49.8. The van der Waals surface area contributed by atoms with Crippen LogP contribution in [0.4, 0.5) is 45.5 Å². The molecule has 0 fully saturated rings. The first-order valence-electron chi connectivity index (χ1n) is 28.2. The van der Waals surface area contributed by atoms with Gasteiger partial charge in [0.05, 0.1) is 0 Å². The fourth-order valence-electron chi connectivity index (χ4n) is 13.1. The minimum Gasteiger partial charge on any atom is -0.456 e. The van der Waals surface area contributed by atoms with Crippen molar-refractivity contribution in [2.45, 2.75) is 124 Å². The van der Waals surface area contributed by atoms with Crippen LogP contribution < -0.4 is 25.5 Å². The van der Waals surface area contributed by atoms with Crippen molar-refractivity contribution in [3.63, 3.8) is 0 Å². The van der Waals surface area contributed by atoms with Gasteiger partial charge in [-0.3, -0.25) is 0 Å². The van der Waals surface area contributed by atoms with Gasteiger partial charge in [0.2, 0.25) is 0 Å². The maximum absolute atomic E-state index is 6.82. The Labute approximate surface area is 463 Å². The van der Waals surface area contributed by atoms with Crippen molar-refractivity contribution in [2.24, 2.45) is 0 Å². The third-order valence-corrected chi connectivity index (χ3v) is 17.4. The molecule has 0 N–H and O–H groups in total. The molecule has 0 atom stereocenters. The molecular weight excluding hydrogens is 946 g/mol. The zero-order valence-electron chi connectivity index (χ0n) is 48.1. The van der Waals surface area contributed by atoms with Gasteiger partial charge in [0.1, 0.15) is 11.2 Å². The second-order valence-electron chi connectivity index (χ2n) is 27.1. The Bertz CT molecular complexity index is 3960. The van der Waals surface area contributed by atoms with Crippen LogP contribution in [-0.4, -0.2) is 6.85 Å². The molecule has 0 bridgehead atoms. The average molecular weight is 1020 g/mol. The summed E-state index contributed by atoms with van der Waals surface area (Å²) in [6.45, 7) is 32.3. The third-order valence-electron chi connectivity index (χ3n) is 17.4. The molecule has 0 unspecified atom stereocenters. The number of hydrogen-bond donors (Lipinski definition) is 0. The Morgan fingerprint density at radius 3 is 1.51 bits per heavy atom. The monoisotopic (exact) mass is 1020 g/mol. The molecule has 1 aliphatic carbocycles. The highest BCUT2D eigenvalue weighted by molar-refractivity contribution is 6.93. The zero-order chi connectivity index (χ0) is 54.6. The molecule has 3 heterocycles. The number of para-hydroxylation sites is 1. The lowest BCUT2D eigenvalue weighted by Crippen LogP contribution is -2.62. The largest absolute Gasteiger partial charge is 0.456 e. The molecule has 0 radical (unpaired) electrons. The Morgan fingerprint density at radius 2 is 0.936 bits per heavy atom. The minimum atomic E-state index is -0.334. The first-order chi connectivity index (χ1) is 37.0. The number of rotatable bonds is 5.